The molecule has 0 saturated heterocycles. The van der Waals surface area contributed by atoms with Crippen LogP contribution in [-0.2, 0) is 12.8 Å². The molecule has 0 unspecified atom stereocenters. The number of hydrogen-bond acceptors (Lipinski definition) is 4. The Morgan fingerprint density at radius 2 is 2.00 bits per heavy atom. The van der Waals surface area contributed by atoms with Gasteiger partial charge in [-0.05, 0) is 62.8 Å². The summed E-state index contributed by atoms with van der Waals surface area (Å²) < 4.78 is 5.61. The van der Waals surface area contributed by atoms with E-state index in [0.717, 1.165) is 15.4 Å². The summed E-state index contributed by atoms with van der Waals surface area (Å²) in [7, 11) is 0. The summed E-state index contributed by atoms with van der Waals surface area (Å²) in [6.07, 6.45) is 7.40. The van der Waals surface area contributed by atoms with E-state index >= 15 is 0 Å². The largest absolute Gasteiger partial charge is 0.474 e. The number of nitrogens with zero attached hydrogens (tertiary/aromatic N) is 2. The molecule has 1 aliphatic carbocycles. The fourth-order valence-corrected chi connectivity index (χ4v) is 4.68. The lowest BCUT2D eigenvalue weighted by Crippen LogP contribution is -2.07. The van der Waals surface area contributed by atoms with Crippen LogP contribution in [0.5, 0.6) is 5.88 Å². The van der Waals surface area contributed by atoms with Crippen LogP contribution in [0, 0.1) is 6.92 Å². The van der Waals surface area contributed by atoms with Crippen LogP contribution in [0.15, 0.2) is 30.6 Å². The summed E-state index contributed by atoms with van der Waals surface area (Å²) in [6, 6.07) is 6.38. The number of benzene rings is 1. The lowest BCUT2D eigenvalue weighted by Gasteiger charge is -2.10. The van der Waals surface area contributed by atoms with Crippen molar-refractivity contribution in [2.45, 2.75) is 46.1 Å². The minimum atomic E-state index is 0.0450. The van der Waals surface area contributed by atoms with E-state index in [1.807, 2.05) is 26.1 Å². The third-order valence-corrected chi connectivity index (χ3v) is 6.09. The topological polar surface area (TPSA) is 35.0 Å². The minimum Gasteiger partial charge on any atom is -0.474 e. The van der Waals surface area contributed by atoms with Gasteiger partial charge in [-0.3, -0.25) is 0 Å². The van der Waals surface area contributed by atoms with E-state index in [-0.39, 0.29) is 6.10 Å². The molecular formula is C21H21ClN2OS. The van der Waals surface area contributed by atoms with Crippen LogP contribution in [0.25, 0.3) is 21.0 Å². The Morgan fingerprint density at radius 1 is 1.15 bits per heavy atom. The van der Waals surface area contributed by atoms with Gasteiger partial charge in [0.05, 0.1) is 11.0 Å². The maximum absolute atomic E-state index is 6.33. The van der Waals surface area contributed by atoms with Crippen LogP contribution in [0.4, 0.5) is 0 Å². The number of aromatic nitrogens is 2. The van der Waals surface area contributed by atoms with E-state index in [4.69, 9.17) is 16.3 Å². The molecule has 0 radical (unpaired) electrons. The molecular weight excluding hydrogens is 364 g/mol. The molecule has 2 aromatic heterocycles. The highest BCUT2D eigenvalue weighted by Crippen LogP contribution is 2.38. The number of ether oxygens (including phenoxy) is 1. The first-order valence-corrected chi connectivity index (χ1v) is 10.1. The first-order chi connectivity index (χ1) is 12.5. The summed E-state index contributed by atoms with van der Waals surface area (Å²) >= 11 is 8.01. The molecule has 0 aliphatic heterocycles. The van der Waals surface area contributed by atoms with Crippen LogP contribution in [0.3, 0.4) is 0 Å². The van der Waals surface area contributed by atoms with Gasteiger partial charge in [0, 0.05) is 23.5 Å². The molecule has 0 amide bonds. The van der Waals surface area contributed by atoms with E-state index in [0.29, 0.717) is 10.9 Å². The fourth-order valence-electron chi connectivity index (χ4n) is 3.48. The molecule has 0 fully saturated rings. The maximum atomic E-state index is 6.33. The van der Waals surface area contributed by atoms with E-state index in [9.17, 15) is 0 Å². The second-order valence-corrected chi connectivity index (χ2v) is 8.37. The highest BCUT2D eigenvalue weighted by molar-refractivity contribution is 7.18. The number of hydrogen-bond donors (Lipinski definition) is 0. The van der Waals surface area contributed by atoms with Crippen LogP contribution >= 0.6 is 22.9 Å². The van der Waals surface area contributed by atoms with Crippen molar-refractivity contribution in [1.29, 1.82) is 0 Å². The van der Waals surface area contributed by atoms with Gasteiger partial charge in [-0.15, -0.1) is 11.3 Å². The third kappa shape index (κ3) is 3.24. The van der Waals surface area contributed by atoms with Crippen molar-refractivity contribution in [3.05, 3.63) is 52.3 Å². The molecule has 3 nitrogen and oxygen atoms in total. The molecule has 0 spiro atoms. The Morgan fingerprint density at radius 3 is 2.77 bits per heavy atom. The molecule has 0 bridgehead atoms. The average Bonchev–Trinajstić information content (AvgIpc) is 3.26. The predicted octanol–water partition coefficient (Wildman–Crippen LogP) is 6.11. The second kappa shape index (κ2) is 7.01. The van der Waals surface area contributed by atoms with Crippen molar-refractivity contribution < 1.29 is 4.74 Å². The van der Waals surface area contributed by atoms with Crippen molar-refractivity contribution in [2.24, 2.45) is 0 Å². The Kier molecular flexibility index (Phi) is 4.72. The summed E-state index contributed by atoms with van der Waals surface area (Å²) in [5, 5.41) is 1.57. The van der Waals surface area contributed by atoms with Crippen molar-refractivity contribution in [2.75, 3.05) is 0 Å². The standard InChI is InChI=1S/C21H21ClN2OS/c1-12(2)25-20-18(22)9-15(10-23-20)19-11-24-21(26-19)17-8-7-14-5-4-6-16(14)13(17)3/h7-12H,4-6H2,1-3H3. The molecule has 2 heterocycles. The molecule has 134 valence electrons. The van der Waals surface area contributed by atoms with Gasteiger partial charge in [-0.2, -0.15) is 0 Å². The van der Waals surface area contributed by atoms with Gasteiger partial charge < -0.3 is 4.74 Å². The fraction of sp³-hybridized carbons (Fsp3) is 0.333. The number of aryl methyl sites for hydroxylation is 1. The molecule has 4 rings (SSSR count). The lowest BCUT2D eigenvalue weighted by atomic mass is 9.99. The smallest absolute Gasteiger partial charge is 0.232 e. The number of halogens is 1. The number of thiazole rings is 1. The summed E-state index contributed by atoms with van der Waals surface area (Å²) in [5.74, 6) is 0.477. The van der Waals surface area contributed by atoms with Crippen LogP contribution in [0.2, 0.25) is 5.02 Å². The summed E-state index contributed by atoms with van der Waals surface area (Å²) in [4.78, 5) is 10.1. The highest BCUT2D eigenvalue weighted by atomic mass is 35.5. The lowest BCUT2D eigenvalue weighted by molar-refractivity contribution is 0.233. The summed E-state index contributed by atoms with van der Waals surface area (Å²) in [5.41, 5.74) is 6.59. The minimum absolute atomic E-state index is 0.0450. The highest BCUT2D eigenvalue weighted by Gasteiger charge is 2.18. The Labute approximate surface area is 163 Å². The second-order valence-electron chi connectivity index (χ2n) is 6.94. The van der Waals surface area contributed by atoms with Crippen LogP contribution < -0.4 is 4.74 Å². The number of pyridine rings is 1. The quantitative estimate of drug-likeness (QED) is 0.544. The van der Waals surface area contributed by atoms with Gasteiger partial charge in [0.15, 0.2) is 0 Å². The SMILES string of the molecule is Cc1c(-c2ncc(-c3cnc(OC(C)C)c(Cl)c3)s2)ccc2c1CCC2. The Balaban J connectivity index is 1.66. The first-order valence-electron chi connectivity index (χ1n) is 8.93. The molecule has 0 N–H and O–H groups in total. The van der Waals surface area contributed by atoms with Crippen LogP contribution in [0.1, 0.15) is 37.0 Å². The molecule has 1 aliphatic rings. The van der Waals surface area contributed by atoms with Crippen molar-refractivity contribution in [1.82, 2.24) is 9.97 Å². The van der Waals surface area contributed by atoms with Gasteiger partial charge >= 0.3 is 0 Å². The zero-order valence-electron chi connectivity index (χ0n) is 15.2. The predicted molar refractivity (Wildman–Crippen MR) is 108 cm³/mol. The van der Waals surface area contributed by atoms with Crippen LogP contribution in [-0.4, -0.2) is 16.1 Å². The van der Waals surface area contributed by atoms with Gasteiger partial charge in [0.2, 0.25) is 5.88 Å². The van der Waals surface area contributed by atoms with Gasteiger partial charge in [-0.25, -0.2) is 9.97 Å². The average molecular weight is 385 g/mol. The molecule has 3 aromatic rings. The normalized spacial score (nSPS) is 13.3. The van der Waals surface area contributed by atoms with Gasteiger partial charge in [0.25, 0.3) is 0 Å². The third-order valence-electron chi connectivity index (χ3n) is 4.74. The number of fused-ring (bicyclic) bond motifs is 1. The molecule has 26 heavy (non-hydrogen) atoms. The van der Waals surface area contributed by atoms with E-state index in [1.54, 1.807) is 17.5 Å². The molecule has 5 heteroatoms. The zero-order valence-corrected chi connectivity index (χ0v) is 16.7. The molecule has 0 saturated carbocycles. The van der Waals surface area contributed by atoms with Gasteiger partial charge in [0.1, 0.15) is 10.0 Å². The monoisotopic (exact) mass is 384 g/mol. The van der Waals surface area contributed by atoms with E-state index in [1.165, 1.54) is 41.5 Å². The first kappa shape index (κ1) is 17.5. The Hall–Kier alpha value is -1.91. The molecule has 0 atom stereocenters. The van der Waals surface area contributed by atoms with Gasteiger partial charge in [-0.1, -0.05) is 23.7 Å². The van der Waals surface area contributed by atoms with Crippen molar-refractivity contribution in [3.8, 4) is 26.9 Å². The van der Waals surface area contributed by atoms with E-state index in [2.05, 4.69) is 29.0 Å². The Bertz CT molecular complexity index is 965. The van der Waals surface area contributed by atoms with Crippen molar-refractivity contribution in [3.63, 3.8) is 0 Å². The molecule has 1 aromatic carbocycles. The zero-order chi connectivity index (χ0) is 18.3. The summed E-state index contributed by atoms with van der Waals surface area (Å²) in [6.45, 7) is 6.14. The maximum Gasteiger partial charge on any atom is 0.232 e. The van der Waals surface area contributed by atoms with Crippen molar-refractivity contribution >= 4 is 22.9 Å². The van der Waals surface area contributed by atoms with E-state index < -0.39 is 0 Å². The number of rotatable bonds is 4.